The summed E-state index contributed by atoms with van der Waals surface area (Å²) >= 11 is 0. The Labute approximate surface area is 104 Å². The molecule has 0 heterocycles. The second kappa shape index (κ2) is 6.88. The normalized spacial score (nSPS) is 12.5. The van der Waals surface area contributed by atoms with Crippen LogP contribution in [0.25, 0.3) is 0 Å². The molecule has 18 heavy (non-hydrogen) atoms. The van der Waals surface area contributed by atoms with Crippen LogP contribution in [0.1, 0.15) is 12.0 Å². The SMILES string of the molecule is NC(=NCCC(F)(F)F)NCCc1ccccc1. The Kier molecular flexibility index (Phi) is 5.48. The fourth-order valence-electron chi connectivity index (χ4n) is 1.34. The third-order valence-corrected chi connectivity index (χ3v) is 2.24. The van der Waals surface area contributed by atoms with Gasteiger partial charge in [0, 0.05) is 6.54 Å². The highest BCUT2D eigenvalue weighted by atomic mass is 19.4. The highest BCUT2D eigenvalue weighted by Gasteiger charge is 2.25. The van der Waals surface area contributed by atoms with E-state index in [0.717, 1.165) is 12.0 Å². The second-order valence-corrected chi connectivity index (χ2v) is 3.79. The summed E-state index contributed by atoms with van der Waals surface area (Å²) in [5.74, 6) is 0.0511. The molecule has 3 N–H and O–H groups in total. The summed E-state index contributed by atoms with van der Waals surface area (Å²) in [6.45, 7) is 0.207. The average molecular weight is 259 g/mol. The van der Waals surface area contributed by atoms with Gasteiger partial charge in [0.25, 0.3) is 0 Å². The van der Waals surface area contributed by atoms with Gasteiger partial charge < -0.3 is 11.1 Å². The molecule has 1 rings (SSSR count). The van der Waals surface area contributed by atoms with Gasteiger partial charge in [0.1, 0.15) is 0 Å². The molecule has 3 nitrogen and oxygen atoms in total. The van der Waals surface area contributed by atoms with Gasteiger partial charge in [-0.1, -0.05) is 30.3 Å². The number of rotatable bonds is 5. The molecule has 6 heteroatoms. The van der Waals surface area contributed by atoms with Gasteiger partial charge in [-0.25, -0.2) is 0 Å². The average Bonchev–Trinajstić information content (AvgIpc) is 2.28. The molecule has 100 valence electrons. The van der Waals surface area contributed by atoms with Gasteiger partial charge in [-0.2, -0.15) is 13.2 Å². The molecule has 0 atom stereocenters. The maximum absolute atomic E-state index is 11.8. The molecule has 0 aliphatic rings. The maximum Gasteiger partial charge on any atom is 0.390 e. The van der Waals surface area contributed by atoms with Crippen LogP contribution in [0.2, 0.25) is 0 Å². The van der Waals surface area contributed by atoms with E-state index in [1.54, 1.807) is 0 Å². The molecule has 0 radical (unpaired) electrons. The van der Waals surface area contributed by atoms with Gasteiger partial charge in [0.2, 0.25) is 0 Å². The highest BCUT2D eigenvalue weighted by molar-refractivity contribution is 5.77. The van der Waals surface area contributed by atoms with Crippen molar-refractivity contribution in [2.24, 2.45) is 10.7 Å². The van der Waals surface area contributed by atoms with Crippen LogP contribution >= 0.6 is 0 Å². The van der Waals surface area contributed by atoms with Gasteiger partial charge in [0.05, 0.1) is 13.0 Å². The zero-order valence-electron chi connectivity index (χ0n) is 9.87. The number of halogens is 3. The zero-order chi connectivity index (χ0) is 13.4. The first-order valence-electron chi connectivity index (χ1n) is 5.62. The van der Waals surface area contributed by atoms with E-state index in [4.69, 9.17) is 5.73 Å². The monoisotopic (exact) mass is 259 g/mol. The van der Waals surface area contributed by atoms with Crippen molar-refractivity contribution in [2.75, 3.05) is 13.1 Å². The van der Waals surface area contributed by atoms with Crippen molar-refractivity contribution >= 4 is 5.96 Å². The standard InChI is InChI=1S/C12H16F3N3/c13-12(14,15)7-9-18-11(16)17-8-6-10-4-2-1-3-5-10/h1-5H,6-9H2,(H3,16,17,18). The van der Waals surface area contributed by atoms with Crippen molar-refractivity contribution in [1.29, 1.82) is 0 Å². The fraction of sp³-hybridized carbons (Fsp3) is 0.417. The van der Waals surface area contributed by atoms with E-state index in [1.807, 2.05) is 30.3 Å². The first-order chi connectivity index (χ1) is 8.47. The van der Waals surface area contributed by atoms with Crippen LogP contribution in [0.5, 0.6) is 0 Å². The minimum atomic E-state index is -4.19. The fourth-order valence-corrected chi connectivity index (χ4v) is 1.34. The number of hydrogen-bond acceptors (Lipinski definition) is 1. The minimum absolute atomic E-state index is 0.0511. The Balaban J connectivity index is 2.21. The Morgan fingerprint density at radius 1 is 1.22 bits per heavy atom. The Hall–Kier alpha value is -1.72. The Bertz CT molecular complexity index is 374. The number of nitrogens with one attached hydrogen (secondary N) is 1. The Morgan fingerprint density at radius 2 is 1.89 bits per heavy atom. The van der Waals surface area contributed by atoms with Crippen molar-refractivity contribution < 1.29 is 13.2 Å². The van der Waals surface area contributed by atoms with E-state index in [9.17, 15) is 13.2 Å². The first kappa shape index (κ1) is 14.3. The summed E-state index contributed by atoms with van der Waals surface area (Å²) in [6.07, 6.45) is -4.39. The summed E-state index contributed by atoms with van der Waals surface area (Å²) in [5.41, 5.74) is 6.57. The van der Waals surface area contributed by atoms with Crippen LogP contribution in [0.4, 0.5) is 13.2 Å². The van der Waals surface area contributed by atoms with Crippen LogP contribution in [0.15, 0.2) is 35.3 Å². The number of nitrogens with zero attached hydrogens (tertiary/aromatic N) is 1. The Morgan fingerprint density at radius 3 is 2.50 bits per heavy atom. The third kappa shape index (κ3) is 6.78. The molecule has 0 aliphatic carbocycles. The van der Waals surface area contributed by atoms with E-state index < -0.39 is 12.6 Å². The van der Waals surface area contributed by atoms with E-state index in [0.29, 0.717) is 6.54 Å². The van der Waals surface area contributed by atoms with Gasteiger partial charge in [-0.3, -0.25) is 4.99 Å². The number of guanidine groups is 1. The van der Waals surface area contributed by atoms with Crippen molar-refractivity contribution in [3.63, 3.8) is 0 Å². The largest absolute Gasteiger partial charge is 0.390 e. The number of alkyl halides is 3. The lowest BCUT2D eigenvalue weighted by Crippen LogP contribution is -2.33. The molecule has 1 aromatic rings. The molecule has 0 saturated carbocycles. The van der Waals surface area contributed by atoms with Gasteiger partial charge >= 0.3 is 6.18 Å². The van der Waals surface area contributed by atoms with Crippen LogP contribution in [-0.4, -0.2) is 25.2 Å². The quantitative estimate of drug-likeness (QED) is 0.628. The summed E-state index contributed by atoms with van der Waals surface area (Å²) < 4.78 is 35.5. The molecule has 0 aliphatic heterocycles. The van der Waals surface area contributed by atoms with Crippen molar-refractivity contribution in [1.82, 2.24) is 5.32 Å². The molecule has 0 bridgehead atoms. The molecule has 0 saturated heterocycles. The van der Waals surface area contributed by atoms with Gasteiger partial charge in [-0.05, 0) is 12.0 Å². The molecule has 1 aromatic carbocycles. The van der Waals surface area contributed by atoms with E-state index in [-0.39, 0.29) is 12.5 Å². The summed E-state index contributed by atoms with van der Waals surface area (Å²) in [5, 5.41) is 2.78. The lowest BCUT2D eigenvalue weighted by atomic mass is 10.1. The molecular weight excluding hydrogens is 243 g/mol. The number of hydrogen-bond donors (Lipinski definition) is 2. The minimum Gasteiger partial charge on any atom is -0.370 e. The predicted octanol–water partition coefficient (Wildman–Crippen LogP) is 2.09. The topological polar surface area (TPSA) is 50.4 Å². The molecule has 0 fully saturated rings. The number of aliphatic imine (C=N–C) groups is 1. The predicted molar refractivity (Wildman–Crippen MR) is 65.3 cm³/mol. The smallest absolute Gasteiger partial charge is 0.370 e. The lowest BCUT2D eigenvalue weighted by molar-refractivity contribution is -0.132. The van der Waals surface area contributed by atoms with E-state index >= 15 is 0 Å². The van der Waals surface area contributed by atoms with Gasteiger partial charge in [0.15, 0.2) is 5.96 Å². The summed E-state index contributed by atoms with van der Waals surface area (Å²) in [7, 11) is 0. The highest BCUT2D eigenvalue weighted by Crippen LogP contribution is 2.18. The number of benzene rings is 1. The van der Waals surface area contributed by atoms with Crippen LogP contribution in [0.3, 0.4) is 0 Å². The zero-order valence-corrected chi connectivity index (χ0v) is 9.87. The molecular formula is C12H16F3N3. The van der Waals surface area contributed by atoms with Crippen molar-refractivity contribution in [3.8, 4) is 0 Å². The summed E-state index contributed by atoms with van der Waals surface area (Å²) in [6, 6.07) is 9.72. The molecule has 0 amide bonds. The molecule has 0 unspecified atom stereocenters. The third-order valence-electron chi connectivity index (χ3n) is 2.24. The van der Waals surface area contributed by atoms with Crippen LogP contribution < -0.4 is 11.1 Å². The van der Waals surface area contributed by atoms with Crippen molar-refractivity contribution in [3.05, 3.63) is 35.9 Å². The van der Waals surface area contributed by atoms with E-state index in [1.165, 1.54) is 0 Å². The summed E-state index contributed by atoms with van der Waals surface area (Å²) in [4.78, 5) is 3.60. The lowest BCUT2D eigenvalue weighted by Gasteiger charge is -2.06. The molecule has 0 aromatic heterocycles. The van der Waals surface area contributed by atoms with Crippen LogP contribution in [-0.2, 0) is 6.42 Å². The number of nitrogens with two attached hydrogens (primary N) is 1. The second-order valence-electron chi connectivity index (χ2n) is 3.79. The van der Waals surface area contributed by atoms with Crippen molar-refractivity contribution in [2.45, 2.75) is 19.0 Å². The molecule has 0 spiro atoms. The first-order valence-corrected chi connectivity index (χ1v) is 5.62. The van der Waals surface area contributed by atoms with E-state index in [2.05, 4.69) is 10.3 Å². The van der Waals surface area contributed by atoms with Crippen LogP contribution in [0, 0.1) is 0 Å². The van der Waals surface area contributed by atoms with Gasteiger partial charge in [-0.15, -0.1) is 0 Å². The maximum atomic E-state index is 11.8.